The highest BCUT2D eigenvalue weighted by atomic mass is 79.9. The van der Waals surface area contributed by atoms with Crippen LogP contribution in [0.15, 0.2) is 40.9 Å². The van der Waals surface area contributed by atoms with Gasteiger partial charge in [-0.15, -0.1) is 0 Å². The molecule has 4 heteroatoms. The van der Waals surface area contributed by atoms with E-state index in [1.165, 1.54) is 11.1 Å². The lowest BCUT2D eigenvalue weighted by molar-refractivity contribution is 0.819. The highest BCUT2D eigenvalue weighted by Gasteiger charge is 2.24. The van der Waals surface area contributed by atoms with Gasteiger partial charge in [0.05, 0.1) is 16.1 Å². The quantitative estimate of drug-likeness (QED) is 0.725. The smallest absolute Gasteiger partial charge is 0.0613 e. The number of hydrogen-bond acceptors (Lipinski definition) is 1. The van der Waals surface area contributed by atoms with E-state index in [9.17, 15) is 0 Å². The molecule has 1 aliphatic heterocycles. The van der Waals surface area contributed by atoms with Gasteiger partial charge in [-0.25, -0.2) is 0 Å². The third kappa shape index (κ3) is 2.13. The summed E-state index contributed by atoms with van der Waals surface area (Å²) in [5.74, 6) is 0. The number of nitrogens with one attached hydrogen (secondary N) is 1. The van der Waals surface area contributed by atoms with Crippen molar-refractivity contribution in [1.29, 1.82) is 0 Å². The van der Waals surface area contributed by atoms with Crippen LogP contribution in [-0.2, 0) is 6.42 Å². The van der Waals surface area contributed by atoms with E-state index in [2.05, 4.69) is 33.4 Å². The Kier molecular flexibility index (Phi) is 3.27. The van der Waals surface area contributed by atoms with Gasteiger partial charge < -0.3 is 5.32 Å². The molecule has 1 unspecified atom stereocenters. The van der Waals surface area contributed by atoms with Crippen molar-refractivity contribution in [2.24, 2.45) is 0 Å². The van der Waals surface area contributed by atoms with Crippen LogP contribution in [0.5, 0.6) is 0 Å². The molecule has 0 aliphatic carbocycles. The fourth-order valence-electron chi connectivity index (χ4n) is 2.30. The third-order valence-corrected chi connectivity index (χ3v) is 4.62. The second-order valence-electron chi connectivity index (χ2n) is 4.35. The summed E-state index contributed by atoms with van der Waals surface area (Å²) in [5.41, 5.74) is 3.54. The van der Waals surface area contributed by atoms with Gasteiger partial charge >= 0.3 is 0 Å². The Morgan fingerprint density at radius 3 is 2.61 bits per heavy atom. The molecule has 1 heterocycles. The summed E-state index contributed by atoms with van der Waals surface area (Å²) in [4.78, 5) is 0. The summed E-state index contributed by atoms with van der Waals surface area (Å²) >= 11 is 15.7. The minimum absolute atomic E-state index is 0.269. The minimum atomic E-state index is 0.269. The second kappa shape index (κ2) is 4.76. The van der Waals surface area contributed by atoms with Crippen molar-refractivity contribution in [1.82, 2.24) is 0 Å². The van der Waals surface area contributed by atoms with Gasteiger partial charge in [-0.05, 0) is 35.7 Å². The van der Waals surface area contributed by atoms with Gasteiger partial charge in [-0.2, -0.15) is 0 Å². The number of anilines is 1. The van der Waals surface area contributed by atoms with Crippen LogP contribution in [0.4, 0.5) is 5.69 Å². The largest absolute Gasteiger partial charge is 0.378 e. The first-order valence-corrected chi connectivity index (χ1v) is 7.19. The zero-order chi connectivity index (χ0) is 12.7. The highest BCUT2D eigenvalue weighted by Crippen LogP contribution is 2.40. The molecule has 1 aliphatic rings. The molecule has 0 radical (unpaired) electrons. The zero-order valence-electron chi connectivity index (χ0n) is 9.38. The molecule has 0 aromatic heterocycles. The van der Waals surface area contributed by atoms with E-state index in [0.717, 1.165) is 16.6 Å². The lowest BCUT2D eigenvalue weighted by atomic mass is 10.0. The van der Waals surface area contributed by atoms with Gasteiger partial charge in [0.25, 0.3) is 0 Å². The Morgan fingerprint density at radius 2 is 1.83 bits per heavy atom. The van der Waals surface area contributed by atoms with E-state index >= 15 is 0 Å². The fourth-order valence-corrected chi connectivity index (χ4v) is 3.21. The average molecular weight is 343 g/mol. The van der Waals surface area contributed by atoms with Gasteiger partial charge in [-0.1, -0.05) is 57.3 Å². The summed E-state index contributed by atoms with van der Waals surface area (Å²) in [6, 6.07) is 12.4. The summed E-state index contributed by atoms with van der Waals surface area (Å²) in [6.45, 7) is 0. The number of rotatable bonds is 1. The van der Waals surface area contributed by atoms with Gasteiger partial charge in [-0.3, -0.25) is 0 Å². The molecule has 2 aromatic rings. The predicted octanol–water partition coefficient (Wildman–Crippen LogP) is 5.47. The molecule has 2 aromatic carbocycles. The summed E-state index contributed by atoms with van der Waals surface area (Å²) in [5, 5.41) is 4.70. The van der Waals surface area contributed by atoms with E-state index in [4.69, 9.17) is 23.2 Å². The number of fused-ring (bicyclic) bond motifs is 1. The van der Waals surface area contributed by atoms with Gasteiger partial charge in [0.1, 0.15) is 0 Å². The predicted molar refractivity (Wildman–Crippen MR) is 80.7 cm³/mol. The number of hydrogen-bond donors (Lipinski definition) is 1. The van der Waals surface area contributed by atoms with Crippen molar-refractivity contribution >= 4 is 44.8 Å². The van der Waals surface area contributed by atoms with Crippen LogP contribution < -0.4 is 5.32 Å². The molecule has 92 valence electrons. The third-order valence-electron chi connectivity index (χ3n) is 3.18. The first kappa shape index (κ1) is 12.3. The maximum Gasteiger partial charge on any atom is 0.0613 e. The van der Waals surface area contributed by atoms with Crippen LogP contribution in [0.25, 0.3) is 0 Å². The number of halogens is 3. The van der Waals surface area contributed by atoms with E-state index in [1.807, 2.05) is 24.3 Å². The zero-order valence-corrected chi connectivity index (χ0v) is 12.5. The monoisotopic (exact) mass is 341 g/mol. The molecule has 0 fully saturated rings. The first-order chi connectivity index (χ1) is 8.65. The summed E-state index contributed by atoms with van der Waals surface area (Å²) in [7, 11) is 0. The van der Waals surface area contributed by atoms with Crippen LogP contribution >= 0.6 is 39.1 Å². The first-order valence-electron chi connectivity index (χ1n) is 5.64. The highest BCUT2D eigenvalue weighted by molar-refractivity contribution is 9.10. The average Bonchev–Trinajstić information content (AvgIpc) is 2.73. The number of benzene rings is 2. The Labute approximate surface area is 124 Å². The van der Waals surface area contributed by atoms with Gasteiger partial charge in [0.2, 0.25) is 0 Å². The lowest BCUT2D eigenvalue weighted by Crippen LogP contribution is -2.06. The van der Waals surface area contributed by atoms with Crippen molar-refractivity contribution in [3.8, 4) is 0 Å². The molecule has 0 saturated carbocycles. The van der Waals surface area contributed by atoms with Crippen molar-refractivity contribution in [3.63, 3.8) is 0 Å². The Morgan fingerprint density at radius 1 is 1.11 bits per heavy atom. The molecular formula is C14H10BrCl2N. The van der Waals surface area contributed by atoms with E-state index in [1.54, 1.807) is 0 Å². The van der Waals surface area contributed by atoms with Gasteiger partial charge in [0.15, 0.2) is 0 Å². The molecule has 0 amide bonds. The molecule has 1 nitrogen and oxygen atoms in total. The van der Waals surface area contributed by atoms with Crippen molar-refractivity contribution in [2.45, 2.75) is 12.5 Å². The summed E-state index contributed by atoms with van der Waals surface area (Å²) in [6.07, 6.45) is 0.925. The topological polar surface area (TPSA) is 12.0 Å². The van der Waals surface area contributed by atoms with Crippen LogP contribution in [0.3, 0.4) is 0 Å². The second-order valence-corrected chi connectivity index (χ2v) is 6.01. The Bertz CT molecular complexity index is 582. The van der Waals surface area contributed by atoms with Crippen molar-refractivity contribution in [3.05, 3.63) is 62.0 Å². The molecule has 1 atom stereocenters. The molecular weight excluding hydrogens is 333 g/mol. The molecule has 0 spiro atoms. The van der Waals surface area contributed by atoms with Gasteiger partial charge in [0, 0.05) is 10.2 Å². The molecule has 0 saturated heterocycles. The Balaban J connectivity index is 1.96. The van der Waals surface area contributed by atoms with Crippen LogP contribution in [0.1, 0.15) is 17.2 Å². The van der Waals surface area contributed by atoms with Crippen molar-refractivity contribution in [2.75, 3.05) is 5.32 Å². The molecule has 1 N–H and O–H groups in total. The standard InChI is InChI=1S/C14H10BrCl2N/c15-10-4-2-1-3-9(10)14-6-8-5-11(16)12(17)7-13(8)18-14/h1-5,7,14,18H,6H2. The van der Waals surface area contributed by atoms with Crippen LogP contribution in [-0.4, -0.2) is 0 Å². The van der Waals surface area contributed by atoms with E-state index in [-0.39, 0.29) is 6.04 Å². The van der Waals surface area contributed by atoms with E-state index in [0.29, 0.717) is 10.0 Å². The van der Waals surface area contributed by atoms with Crippen LogP contribution in [0, 0.1) is 0 Å². The summed E-state index contributed by atoms with van der Waals surface area (Å²) < 4.78 is 1.12. The van der Waals surface area contributed by atoms with Crippen LogP contribution in [0.2, 0.25) is 10.0 Å². The van der Waals surface area contributed by atoms with E-state index < -0.39 is 0 Å². The molecule has 18 heavy (non-hydrogen) atoms. The molecule has 0 bridgehead atoms. The fraction of sp³-hybridized carbons (Fsp3) is 0.143. The minimum Gasteiger partial charge on any atom is -0.378 e. The maximum atomic E-state index is 6.05. The lowest BCUT2D eigenvalue weighted by Gasteiger charge is -2.13. The molecule has 3 rings (SSSR count). The van der Waals surface area contributed by atoms with Crippen molar-refractivity contribution < 1.29 is 0 Å². The Hall–Kier alpha value is -0.700. The normalized spacial score (nSPS) is 17.4. The SMILES string of the molecule is Clc1cc2c(cc1Cl)NC(c1ccccc1Br)C2. The maximum absolute atomic E-state index is 6.05.